The molecule has 4 fully saturated rings. The second-order valence-corrected chi connectivity index (χ2v) is 10.2. The van der Waals surface area contributed by atoms with Crippen molar-refractivity contribution in [2.75, 3.05) is 45.8 Å². The first-order valence-corrected chi connectivity index (χ1v) is 11.8. The maximum atomic E-state index is 13.7. The Kier molecular flexibility index (Phi) is 5.02. The van der Waals surface area contributed by atoms with E-state index in [2.05, 4.69) is 33.8 Å². The van der Waals surface area contributed by atoms with E-state index in [0.717, 1.165) is 70.3 Å². The standard InChI is InChI=1S/C24H37N3O2/c1-3-25-17-21-23(8-9-24(21,18-25)22(28)27-12-4-5-13-27)10-14-26(15-11-23)16-20-7-6-19(2)29-20/h6-7,21H,3-5,8-18H2,1-2H3/t21-,24+/m0/s1. The predicted octanol–water partition coefficient (Wildman–Crippen LogP) is 3.52. The van der Waals surface area contributed by atoms with Crippen LogP contribution in [0.1, 0.15) is 57.0 Å². The molecule has 4 heterocycles. The number of furan rings is 1. The second-order valence-electron chi connectivity index (χ2n) is 10.2. The summed E-state index contributed by atoms with van der Waals surface area (Å²) in [6.07, 6.45) is 7.23. The van der Waals surface area contributed by atoms with Crippen molar-refractivity contribution in [2.24, 2.45) is 16.7 Å². The summed E-state index contributed by atoms with van der Waals surface area (Å²) >= 11 is 0. The third-order valence-corrected chi connectivity index (χ3v) is 8.72. The summed E-state index contributed by atoms with van der Waals surface area (Å²) in [6, 6.07) is 4.18. The molecule has 1 amide bonds. The lowest BCUT2D eigenvalue weighted by atomic mass is 9.65. The van der Waals surface area contributed by atoms with Crippen molar-refractivity contribution in [1.82, 2.24) is 14.7 Å². The van der Waals surface area contributed by atoms with Gasteiger partial charge in [-0.2, -0.15) is 0 Å². The Morgan fingerprint density at radius 3 is 2.48 bits per heavy atom. The average Bonchev–Trinajstić information content (AvgIpc) is 3.50. The van der Waals surface area contributed by atoms with Crippen LogP contribution < -0.4 is 0 Å². The van der Waals surface area contributed by atoms with Gasteiger partial charge in [0.05, 0.1) is 12.0 Å². The Morgan fingerprint density at radius 2 is 1.83 bits per heavy atom. The molecule has 5 rings (SSSR count). The highest BCUT2D eigenvalue weighted by Crippen LogP contribution is 2.62. The Hall–Kier alpha value is -1.33. The molecule has 0 aromatic carbocycles. The summed E-state index contributed by atoms with van der Waals surface area (Å²) in [5.74, 6) is 3.14. The van der Waals surface area contributed by atoms with Gasteiger partial charge in [-0.1, -0.05) is 6.92 Å². The number of piperidine rings is 1. The maximum Gasteiger partial charge on any atom is 0.230 e. The number of carbonyl (C=O) groups excluding carboxylic acids is 1. The zero-order chi connectivity index (χ0) is 20.1. The number of rotatable bonds is 4. The number of likely N-dealkylation sites (tertiary alicyclic amines) is 3. The van der Waals surface area contributed by atoms with E-state index < -0.39 is 0 Å². The number of nitrogens with zero attached hydrogens (tertiary/aromatic N) is 3. The number of fused-ring (bicyclic) bond motifs is 2. The van der Waals surface area contributed by atoms with Gasteiger partial charge in [0, 0.05) is 26.2 Å². The first-order chi connectivity index (χ1) is 14.0. The van der Waals surface area contributed by atoms with Crippen LogP contribution >= 0.6 is 0 Å². The molecule has 1 spiro atoms. The fourth-order valence-corrected chi connectivity index (χ4v) is 7.03. The molecule has 1 aliphatic carbocycles. The minimum Gasteiger partial charge on any atom is -0.465 e. The topological polar surface area (TPSA) is 39.9 Å². The van der Waals surface area contributed by atoms with Crippen molar-refractivity contribution < 1.29 is 9.21 Å². The van der Waals surface area contributed by atoms with Crippen LogP contribution in [0.25, 0.3) is 0 Å². The highest BCUT2D eigenvalue weighted by molar-refractivity contribution is 5.84. The number of aryl methyl sites for hydroxylation is 1. The van der Waals surface area contributed by atoms with Gasteiger partial charge in [-0.3, -0.25) is 9.69 Å². The van der Waals surface area contributed by atoms with Crippen LogP contribution in [0.15, 0.2) is 16.5 Å². The molecule has 160 valence electrons. The monoisotopic (exact) mass is 399 g/mol. The van der Waals surface area contributed by atoms with Gasteiger partial charge in [0.15, 0.2) is 0 Å². The molecule has 29 heavy (non-hydrogen) atoms. The molecule has 0 unspecified atom stereocenters. The van der Waals surface area contributed by atoms with E-state index in [1.165, 1.54) is 32.1 Å². The lowest BCUT2D eigenvalue weighted by Crippen LogP contribution is -2.49. The Labute approximate surface area is 175 Å². The summed E-state index contributed by atoms with van der Waals surface area (Å²) in [5, 5.41) is 0. The van der Waals surface area contributed by atoms with Crippen molar-refractivity contribution in [1.29, 1.82) is 0 Å². The number of hydrogen-bond donors (Lipinski definition) is 0. The van der Waals surface area contributed by atoms with Gasteiger partial charge in [0.25, 0.3) is 0 Å². The zero-order valence-corrected chi connectivity index (χ0v) is 18.3. The molecule has 0 radical (unpaired) electrons. The highest BCUT2D eigenvalue weighted by Gasteiger charge is 2.64. The minimum absolute atomic E-state index is 0.0966. The van der Waals surface area contributed by atoms with Crippen LogP contribution in [0.2, 0.25) is 0 Å². The molecule has 5 heteroatoms. The second kappa shape index (κ2) is 7.42. The van der Waals surface area contributed by atoms with Crippen LogP contribution in [0.4, 0.5) is 0 Å². The summed E-state index contributed by atoms with van der Waals surface area (Å²) in [6.45, 7) is 12.7. The molecule has 3 saturated heterocycles. The number of amides is 1. The highest BCUT2D eigenvalue weighted by atomic mass is 16.3. The van der Waals surface area contributed by atoms with E-state index >= 15 is 0 Å². The van der Waals surface area contributed by atoms with Crippen molar-refractivity contribution in [3.05, 3.63) is 23.7 Å². The van der Waals surface area contributed by atoms with Gasteiger partial charge in [0.1, 0.15) is 11.5 Å². The largest absolute Gasteiger partial charge is 0.465 e. The summed E-state index contributed by atoms with van der Waals surface area (Å²) in [4.78, 5) is 21.1. The van der Waals surface area contributed by atoms with Crippen LogP contribution in [0.5, 0.6) is 0 Å². The normalized spacial score (nSPS) is 32.3. The number of hydrogen-bond acceptors (Lipinski definition) is 4. The zero-order valence-electron chi connectivity index (χ0n) is 18.3. The number of carbonyl (C=O) groups is 1. The van der Waals surface area contributed by atoms with Crippen LogP contribution in [-0.4, -0.2) is 66.4 Å². The van der Waals surface area contributed by atoms with Crippen LogP contribution in [0, 0.1) is 23.7 Å². The van der Waals surface area contributed by atoms with Gasteiger partial charge >= 0.3 is 0 Å². The van der Waals surface area contributed by atoms with E-state index in [1.54, 1.807) is 0 Å². The molecular weight excluding hydrogens is 362 g/mol. The summed E-state index contributed by atoms with van der Waals surface area (Å²) in [5.41, 5.74) is 0.273. The quantitative estimate of drug-likeness (QED) is 0.777. The van der Waals surface area contributed by atoms with Gasteiger partial charge in [-0.15, -0.1) is 0 Å². The van der Waals surface area contributed by atoms with Gasteiger partial charge < -0.3 is 14.2 Å². The molecule has 1 aromatic heterocycles. The van der Waals surface area contributed by atoms with Gasteiger partial charge in [-0.05, 0) is 88.5 Å². The first-order valence-electron chi connectivity index (χ1n) is 11.8. The molecule has 0 N–H and O–H groups in total. The first kappa shape index (κ1) is 19.6. The Balaban J connectivity index is 1.32. The van der Waals surface area contributed by atoms with Crippen molar-refractivity contribution in [3.63, 3.8) is 0 Å². The molecule has 0 bridgehead atoms. The summed E-state index contributed by atoms with van der Waals surface area (Å²) in [7, 11) is 0. The van der Waals surface area contributed by atoms with Crippen LogP contribution in [0.3, 0.4) is 0 Å². The van der Waals surface area contributed by atoms with E-state index in [-0.39, 0.29) is 5.41 Å². The third kappa shape index (κ3) is 3.25. The van der Waals surface area contributed by atoms with E-state index in [1.807, 2.05) is 6.92 Å². The lowest BCUT2D eigenvalue weighted by Gasteiger charge is -2.44. The molecular formula is C24H37N3O2. The van der Waals surface area contributed by atoms with E-state index in [0.29, 0.717) is 17.2 Å². The molecule has 5 nitrogen and oxygen atoms in total. The smallest absolute Gasteiger partial charge is 0.230 e. The molecule has 3 aliphatic heterocycles. The molecule has 2 atom stereocenters. The van der Waals surface area contributed by atoms with Gasteiger partial charge in [-0.25, -0.2) is 0 Å². The fourth-order valence-electron chi connectivity index (χ4n) is 7.03. The molecule has 1 saturated carbocycles. The SMILES string of the molecule is CCN1C[C@H]2C3(CCN(Cc4ccc(C)o4)CC3)CC[C@@]2(C(=O)N2CCCC2)C1. The minimum atomic E-state index is -0.0966. The lowest BCUT2D eigenvalue weighted by molar-refractivity contribution is -0.143. The van der Waals surface area contributed by atoms with Crippen molar-refractivity contribution >= 4 is 5.91 Å². The van der Waals surface area contributed by atoms with Crippen LogP contribution in [-0.2, 0) is 11.3 Å². The Bertz CT molecular complexity index is 745. The fraction of sp³-hybridized carbons (Fsp3) is 0.792. The Morgan fingerprint density at radius 1 is 1.07 bits per heavy atom. The summed E-state index contributed by atoms with van der Waals surface area (Å²) < 4.78 is 5.81. The molecule has 1 aromatic rings. The maximum absolute atomic E-state index is 13.7. The van der Waals surface area contributed by atoms with Crippen molar-refractivity contribution in [2.45, 2.75) is 58.9 Å². The average molecular weight is 400 g/mol. The predicted molar refractivity (Wildman–Crippen MR) is 113 cm³/mol. The van der Waals surface area contributed by atoms with E-state index in [9.17, 15) is 4.79 Å². The van der Waals surface area contributed by atoms with Crippen molar-refractivity contribution in [3.8, 4) is 0 Å². The molecule has 4 aliphatic rings. The van der Waals surface area contributed by atoms with E-state index in [4.69, 9.17) is 4.42 Å². The van der Waals surface area contributed by atoms with Gasteiger partial charge in [0.2, 0.25) is 5.91 Å². The third-order valence-electron chi connectivity index (χ3n) is 8.72.